The van der Waals surface area contributed by atoms with Crippen LogP contribution in [0.1, 0.15) is 33.7 Å². The molecule has 0 heterocycles. The van der Waals surface area contributed by atoms with Crippen LogP contribution in [0, 0.1) is 19.9 Å². The smallest absolute Gasteiger partial charge is 0.0342 e. The molecule has 0 unspecified atom stereocenters. The van der Waals surface area contributed by atoms with E-state index in [0.717, 1.165) is 0 Å². The number of aryl methyl sites for hydroxylation is 2. The van der Waals surface area contributed by atoms with Crippen LogP contribution < -0.4 is 0 Å². The average molecular weight is 271 g/mol. The first-order chi connectivity index (χ1) is 10.3. The Morgan fingerprint density at radius 3 is 1.67 bits per heavy atom. The minimum absolute atomic E-state index is 0.268. The molecule has 21 heavy (non-hydrogen) atoms. The summed E-state index contributed by atoms with van der Waals surface area (Å²) >= 11 is 0. The van der Waals surface area contributed by atoms with Crippen molar-refractivity contribution in [3.63, 3.8) is 0 Å². The summed E-state index contributed by atoms with van der Waals surface area (Å²) in [5.41, 5.74) is 6.40. The van der Waals surface area contributed by atoms with Gasteiger partial charge in [0, 0.05) is 5.92 Å². The zero-order chi connectivity index (χ0) is 14.7. The zero-order valence-electron chi connectivity index (χ0n) is 12.5. The van der Waals surface area contributed by atoms with Gasteiger partial charge in [-0.15, -0.1) is 0 Å². The first-order valence-electron chi connectivity index (χ1n) is 7.35. The highest BCUT2D eigenvalue weighted by molar-refractivity contribution is 5.46. The van der Waals surface area contributed by atoms with E-state index in [-0.39, 0.29) is 5.92 Å². The Hall–Kier alpha value is -2.34. The van der Waals surface area contributed by atoms with E-state index in [1.807, 2.05) is 0 Å². The van der Waals surface area contributed by atoms with E-state index < -0.39 is 0 Å². The molecular formula is C21H19. The van der Waals surface area contributed by atoms with Gasteiger partial charge < -0.3 is 0 Å². The van der Waals surface area contributed by atoms with Crippen molar-refractivity contribution in [1.29, 1.82) is 0 Å². The van der Waals surface area contributed by atoms with Gasteiger partial charge in [0.15, 0.2) is 0 Å². The predicted molar refractivity (Wildman–Crippen MR) is 88.6 cm³/mol. The summed E-state index contributed by atoms with van der Waals surface area (Å²) in [6, 6.07) is 29.3. The summed E-state index contributed by atoms with van der Waals surface area (Å²) in [4.78, 5) is 0. The van der Waals surface area contributed by atoms with Crippen molar-refractivity contribution >= 4 is 0 Å². The lowest BCUT2D eigenvalue weighted by atomic mass is 9.83. The van der Waals surface area contributed by atoms with E-state index in [4.69, 9.17) is 0 Å². The maximum atomic E-state index is 3.46. The molecule has 0 bridgehead atoms. The van der Waals surface area contributed by atoms with Crippen LogP contribution in [0.5, 0.6) is 0 Å². The Kier molecular flexibility index (Phi) is 3.87. The Labute approximate surface area is 127 Å². The Balaban J connectivity index is 2.17. The molecule has 0 N–H and O–H groups in total. The molecule has 3 aromatic rings. The van der Waals surface area contributed by atoms with Gasteiger partial charge in [-0.05, 0) is 47.7 Å². The van der Waals surface area contributed by atoms with Crippen LogP contribution in [0.3, 0.4) is 0 Å². The fraction of sp³-hybridized carbons (Fsp3) is 0.143. The third-order valence-electron chi connectivity index (χ3n) is 3.91. The third-order valence-corrected chi connectivity index (χ3v) is 3.91. The largest absolute Gasteiger partial charge is 0.0622 e. The minimum Gasteiger partial charge on any atom is -0.0622 e. The summed E-state index contributed by atoms with van der Waals surface area (Å²) in [6.45, 7) is 4.25. The van der Waals surface area contributed by atoms with Gasteiger partial charge in [-0.2, -0.15) is 0 Å². The van der Waals surface area contributed by atoms with Crippen molar-refractivity contribution in [2.45, 2.75) is 19.8 Å². The molecule has 0 saturated heterocycles. The molecular weight excluding hydrogens is 252 g/mol. The molecule has 0 aliphatic heterocycles. The summed E-state index contributed by atoms with van der Waals surface area (Å²) in [5.74, 6) is 0.268. The van der Waals surface area contributed by atoms with Gasteiger partial charge in [-0.3, -0.25) is 0 Å². The first kappa shape index (κ1) is 13.6. The van der Waals surface area contributed by atoms with Crippen LogP contribution in [-0.2, 0) is 0 Å². The molecule has 0 atom stereocenters. The van der Waals surface area contributed by atoms with Crippen LogP contribution in [-0.4, -0.2) is 0 Å². The molecule has 0 heteroatoms. The molecule has 0 amide bonds. The SMILES string of the molecule is Cc1[c]c(C)c(C(c2ccccc2)c2ccccc2)cc1. The average Bonchev–Trinajstić information content (AvgIpc) is 2.52. The number of benzene rings is 3. The van der Waals surface area contributed by atoms with Gasteiger partial charge in [-0.25, -0.2) is 0 Å². The van der Waals surface area contributed by atoms with Gasteiger partial charge in [0.05, 0.1) is 0 Å². The van der Waals surface area contributed by atoms with Gasteiger partial charge in [0.25, 0.3) is 0 Å². The number of hydrogen-bond donors (Lipinski definition) is 0. The van der Waals surface area contributed by atoms with Gasteiger partial charge in [-0.1, -0.05) is 72.8 Å². The highest BCUT2D eigenvalue weighted by atomic mass is 14.2. The third kappa shape index (κ3) is 2.90. The molecule has 0 saturated carbocycles. The van der Waals surface area contributed by atoms with Crippen LogP contribution in [0.2, 0.25) is 0 Å². The van der Waals surface area contributed by atoms with Crippen LogP contribution in [0.4, 0.5) is 0 Å². The van der Waals surface area contributed by atoms with E-state index in [0.29, 0.717) is 0 Å². The maximum Gasteiger partial charge on any atom is 0.0342 e. The van der Waals surface area contributed by atoms with Crippen molar-refractivity contribution in [2.24, 2.45) is 0 Å². The first-order valence-corrected chi connectivity index (χ1v) is 7.35. The zero-order valence-corrected chi connectivity index (χ0v) is 12.5. The predicted octanol–water partition coefficient (Wildman–Crippen LogP) is 5.28. The summed E-state index contributed by atoms with van der Waals surface area (Å²) < 4.78 is 0. The van der Waals surface area contributed by atoms with Crippen molar-refractivity contribution in [2.75, 3.05) is 0 Å². The van der Waals surface area contributed by atoms with E-state index in [1.165, 1.54) is 27.8 Å². The minimum atomic E-state index is 0.268. The topological polar surface area (TPSA) is 0 Å². The fourth-order valence-corrected chi connectivity index (χ4v) is 2.90. The van der Waals surface area contributed by atoms with E-state index >= 15 is 0 Å². The van der Waals surface area contributed by atoms with E-state index in [2.05, 4.69) is 92.7 Å². The molecule has 0 nitrogen and oxygen atoms in total. The van der Waals surface area contributed by atoms with Crippen molar-refractivity contribution < 1.29 is 0 Å². The summed E-state index contributed by atoms with van der Waals surface area (Å²) in [6.07, 6.45) is 0. The molecule has 103 valence electrons. The standard InChI is InChI=1S/C21H19/c1-16-13-14-20(17(2)15-16)21(18-9-5-3-6-10-18)19-11-7-4-8-12-19/h3-14,21H,1-2H3. The molecule has 0 aliphatic rings. The molecule has 1 radical (unpaired) electrons. The second kappa shape index (κ2) is 5.97. The summed E-state index contributed by atoms with van der Waals surface area (Å²) in [5, 5.41) is 0. The van der Waals surface area contributed by atoms with Crippen LogP contribution in [0.25, 0.3) is 0 Å². The lowest BCUT2D eigenvalue weighted by molar-refractivity contribution is 0.960. The fourth-order valence-electron chi connectivity index (χ4n) is 2.90. The van der Waals surface area contributed by atoms with Gasteiger partial charge >= 0.3 is 0 Å². The maximum absolute atomic E-state index is 3.46. The Morgan fingerprint density at radius 1 is 0.667 bits per heavy atom. The normalized spacial score (nSPS) is 10.8. The Bertz CT molecular complexity index is 672. The van der Waals surface area contributed by atoms with Gasteiger partial charge in [0.2, 0.25) is 0 Å². The molecule has 3 aromatic carbocycles. The Morgan fingerprint density at radius 2 is 1.19 bits per heavy atom. The highest BCUT2D eigenvalue weighted by Gasteiger charge is 2.18. The lowest BCUT2D eigenvalue weighted by Crippen LogP contribution is -2.05. The molecule has 3 rings (SSSR count). The lowest BCUT2D eigenvalue weighted by Gasteiger charge is -2.21. The van der Waals surface area contributed by atoms with Crippen molar-refractivity contribution in [1.82, 2.24) is 0 Å². The van der Waals surface area contributed by atoms with Crippen LogP contribution in [0.15, 0.2) is 72.8 Å². The second-order valence-corrected chi connectivity index (χ2v) is 5.48. The van der Waals surface area contributed by atoms with E-state index in [1.54, 1.807) is 0 Å². The highest BCUT2D eigenvalue weighted by Crippen LogP contribution is 2.33. The molecule has 0 fully saturated rings. The monoisotopic (exact) mass is 271 g/mol. The number of hydrogen-bond acceptors (Lipinski definition) is 0. The molecule has 0 spiro atoms. The quantitative estimate of drug-likeness (QED) is 0.568. The second-order valence-electron chi connectivity index (χ2n) is 5.48. The van der Waals surface area contributed by atoms with Crippen molar-refractivity contribution in [3.8, 4) is 0 Å². The summed E-state index contributed by atoms with van der Waals surface area (Å²) in [7, 11) is 0. The number of rotatable bonds is 3. The van der Waals surface area contributed by atoms with Gasteiger partial charge in [0.1, 0.15) is 0 Å². The molecule has 0 aliphatic carbocycles. The molecule has 0 aromatic heterocycles. The van der Waals surface area contributed by atoms with E-state index in [9.17, 15) is 0 Å². The van der Waals surface area contributed by atoms with Crippen molar-refractivity contribution in [3.05, 3.63) is 107 Å². The van der Waals surface area contributed by atoms with Crippen LogP contribution >= 0.6 is 0 Å².